The molecule has 10 heteroatoms. The first-order chi connectivity index (χ1) is 15.5. The van der Waals surface area contributed by atoms with Gasteiger partial charge < -0.3 is 4.90 Å². The molecule has 0 bridgehead atoms. The van der Waals surface area contributed by atoms with Gasteiger partial charge in [-0.05, 0) is 23.3 Å². The van der Waals surface area contributed by atoms with Gasteiger partial charge in [0.1, 0.15) is 0 Å². The molecular weight excluding hydrogens is 415 g/mol. The summed E-state index contributed by atoms with van der Waals surface area (Å²) in [5.74, 6) is -0.867. The van der Waals surface area contributed by atoms with Crippen molar-refractivity contribution in [1.29, 1.82) is 0 Å². The molecule has 0 saturated carbocycles. The van der Waals surface area contributed by atoms with Gasteiger partial charge in [-0.15, -0.1) is 0 Å². The van der Waals surface area contributed by atoms with E-state index in [4.69, 9.17) is 0 Å². The second-order valence-electron chi connectivity index (χ2n) is 8.17. The number of carbonyl (C=O) groups is 3. The predicted molar refractivity (Wildman–Crippen MR) is 113 cm³/mol. The molecule has 3 aliphatic rings. The van der Waals surface area contributed by atoms with Crippen molar-refractivity contribution in [1.82, 2.24) is 25.2 Å². The van der Waals surface area contributed by atoms with Crippen LogP contribution in [-0.4, -0.2) is 70.5 Å². The minimum Gasteiger partial charge on any atom is -0.367 e. The van der Waals surface area contributed by atoms with Crippen LogP contribution in [-0.2, 0) is 17.9 Å². The first-order valence-electron chi connectivity index (χ1n) is 10.6. The number of piperazine rings is 1. The third kappa shape index (κ3) is 3.77. The smallest absolute Gasteiger partial charge is 0.342 e. The molecule has 32 heavy (non-hydrogen) atoms. The van der Waals surface area contributed by atoms with Crippen molar-refractivity contribution in [3.05, 3.63) is 59.2 Å². The van der Waals surface area contributed by atoms with Gasteiger partial charge >= 0.3 is 6.03 Å². The standard InChI is InChI=1S/C22H23FN6O3/c23-18-12-24-5-3-19(18)27-9-7-26(8-10-27)13-15-1-2-17-16(11-15)14-29(21(17)31)28-6-4-20(30)25-22(28)32/h1-3,5,11-12H,4,6-10,13-14H2,(H,25,30,32). The normalized spacial score (nSPS) is 19.4. The summed E-state index contributed by atoms with van der Waals surface area (Å²) < 4.78 is 14.0. The number of aromatic nitrogens is 1. The number of urea groups is 1. The van der Waals surface area contributed by atoms with Crippen LogP contribution in [0.25, 0.3) is 0 Å². The summed E-state index contributed by atoms with van der Waals surface area (Å²) in [5, 5.41) is 4.96. The zero-order valence-corrected chi connectivity index (χ0v) is 17.5. The zero-order chi connectivity index (χ0) is 22.2. The molecule has 5 rings (SSSR count). The van der Waals surface area contributed by atoms with E-state index < -0.39 is 6.03 Å². The van der Waals surface area contributed by atoms with Crippen LogP contribution >= 0.6 is 0 Å². The Morgan fingerprint density at radius 2 is 1.81 bits per heavy atom. The number of amides is 4. The Bertz CT molecular complexity index is 1090. The molecule has 166 valence electrons. The van der Waals surface area contributed by atoms with Crippen molar-refractivity contribution in [2.75, 3.05) is 37.6 Å². The van der Waals surface area contributed by atoms with Crippen LogP contribution in [0.4, 0.5) is 14.9 Å². The number of benzene rings is 1. The van der Waals surface area contributed by atoms with E-state index in [0.29, 0.717) is 17.8 Å². The fraction of sp³-hybridized carbons (Fsp3) is 0.364. The Balaban J connectivity index is 1.22. The van der Waals surface area contributed by atoms with Crippen LogP contribution in [0.3, 0.4) is 0 Å². The van der Waals surface area contributed by atoms with Crippen LogP contribution in [0.2, 0.25) is 0 Å². The molecule has 0 atom stereocenters. The minimum atomic E-state index is -0.564. The molecule has 4 heterocycles. The molecule has 2 saturated heterocycles. The van der Waals surface area contributed by atoms with E-state index in [2.05, 4.69) is 15.2 Å². The SMILES string of the molecule is O=C1CCN(N2Cc3cc(CN4CCN(c5ccncc5F)CC4)ccc3C2=O)C(=O)N1. The van der Waals surface area contributed by atoms with Crippen LogP contribution in [0.15, 0.2) is 36.7 Å². The average molecular weight is 438 g/mol. The van der Waals surface area contributed by atoms with E-state index in [1.807, 2.05) is 23.1 Å². The van der Waals surface area contributed by atoms with Crippen LogP contribution in [0.1, 0.15) is 27.9 Å². The number of hydrogen-bond acceptors (Lipinski definition) is 6. The summed E-state index contributed by atoms with van der Waals surface area (Å²) >= 11 is 0. The Morgan fingerprint density at radius 3 is 2.56 bits per heavy atom. The van der Waals surface area contributed by atoms with Crippen molar-refractivity contribution < 1.29 is 18.8 Å². The summed E-state index contributed by atoms with van der Waals surface area (Å²) in [6.07, 6.45) is 3.01. The second-order valence-corrected chi connectivity index (χ2v) is 8.17. The minimum absolute atomic E-state index is 0.173. The van der Waals surface area contributed by atoms with E-state index in [1.54, 1.807) is 12.3 Å². The molecule has 4 amide bonds. The molecular formula is C22H23FN6O3. The van der Waals surface area contributed by atoms with Gasteiger partial charge in [-0.3, -0.25) is 24.8 Å². The number of halogens is 1. The van der Waals surface area contributed by atoms with Gasteiger partial charge in [0.05, 0.1) is 25.0 Å². The topological polar surface area (TPSA) is 89.1 Å². The predicted octanol–water partition coefficient (Wildman–Crippen LogP) is 1.36. The fourth-order valence-electron chi connectivity index (χ4n) is 4.47. The van der Waals surface area contributed by atoms with E-state index in [9.17, 15) is 18.8 Å². The number of hydrogen-bond donors (Lipinski definition) is 1. The first-order valence-corrected chi connectivity index (χ1v) is 10.6. The third-order valence-electron chi connectivity index (χ3n) is 6.15. The maximum atomic E-state index is 14.0. The maximum absolute atomic E-state index is 14.0. The summed E-state index contributed by atoms with van der Waals surface area (Å²) in [4.78, 5) is 44.5. The quantitative estimate of drug-likeness (QED) is 0.776. The van der Waals surface area contributed by atoms with E-state index in [0.717, 1.165) is 43.9 Å². The third-order valence-corrected chi connectivity index (χ3v) is 6.15. The number of anilines is 1. The van der Waals surface area contributed by atoms with Crippen molar-refractivity contribution in [2.45, 2.75) is 19.5 Å². The Morgan fingerprint density at radius 1 is 1.00 bits per heavy atom. The first kappa shape index (κ1) is 20.4. The van der Waals surface area contributed by atoms with E-state index in [1.165, 1.54) is 16.2 Å². The molecule has 1 aromatic heterocycles. The highest BCUT2D eigenvalue weighted by Crippen LogP contribution is 2.27. The van der Waals surface area contributed by atoms with Gasteiger partial charge in [0.15, 0.2) is 5.82 Å². The molecule has 2 aromatic rings. The highest BCUT2D eigenvalue weighted by molar-refractivity contribution is 6.01. The lowest BCUT2D eigenvalue weighted by Gasteiger charge is -2.36. The lowest BCUT2D eigenvalue weighted by molar-refractivity contribution is -0.123. The van der Waals surface area contributed by atoms with Crippen LogP contribution in [0.5, 0.6) is 0 Å². The summed E-state index contributed by atoms with van der Waals surface area (Å²) in [5.41, 5.74) is 3.12. The van der Waals surface area contributed by atoms with Gasteiger partial charge in [0, 0.05) is 50.9 Å². The monoisotopic (exact) mass is 438 g/mol. The van der Waals surface area contributed by atoms with Gasteiger partial charge in [-0.1, -0.05) is 12.1 Å². The number of carbonyl (C=O) groups excluding carboxylic acids is 3. The number of rotatable bonds is 4. The van der Waals surface area contributed by atoms with E-state index in [-0.39, 0.29) is 30.6 Å². The maximum Gasteiger partial charge on any atom is 0.342 e. The number of fused-ring (bicyclic) bond motifs is 1. The van der Waals surface area contributed by atoms with Crippen molar-refractivity contribution in [2.24, 2.45) is 0 Å². The summed E-state index contributed by atoms with van der Waals surface area (Å²) in [7, 11) is 0. The molecule has 9 nitrogen and oxygen atoms in total. The largest absolute Gasteiger partial charge is 0.367 e. The molecule has 0 radical (unpaired) electrons. The lowest BCUT2D eigenvalue weighted by atomic mass is 10.1. The van der Waals surface area contributed by atoms with Gasteiger partial charge in [-0.2, -0.15) is 0 Å². The highest BCUT2D eigenvalue weighted by atomic mass is 19.1. The molecule has 0 spiro atoms. The summed E-state index contributed by atoms with van der Waals surface area (Å²) in [6.45, 7) is 4.27. The number of pyridine rings is 1. The zero-order valence-electron chi connectivity index (χ0n) is 17.5. The highest BCUT2D eigenvalue weighted by Gasteiger charge is 2.37. The lowest BCUT2D eigenvalue weighted by Crippen LogP contribution is -2.56. The molecule has 2 fully saturated rings. The molecule has 1 N–H and O–H groups in total. The van der Waals surface area contributed by atoms with Crippen molar-refractivity contribution in [3.8, 4) is 0 Å². The Labute approximate surface area is 184 Å². The number of imide groups is 1. The molecule has 0 aliphatic carbocycles. The second kappa shape index (κ2) is 8.19. The fourth-order valence-corrected chi connectivity index (χ4v) is 4.47. The number of hydrazine groups is 1. The summed E-state index contributed by atoms with van der Waals surface area (Å²) in [6, 6.07) is 6.89. The van der Waals surface area contributed by atoms with Crippen molar-refractivity contribution in [3.63, 3.8) is 0 Å². The molecule has 0 unspecified atom stereocenters. The van der Waals surface area contributed by atoms with Crippen LogP contribution in [0, 0.1) is 5.82 Å². The molecule has 3 aliphatic heterocycles. The Kier molecular flexibility index (Phi) is 5.22. The average Bonchev–Trinajstić information content (AvgIpc) is 3.10. The van der Waals surface area contributed by atoms with Crippen molar-refractivity contribution >= 4 is 23.5 Å². The number of nitrogens with one attached hydrogen (secondary N) is 1. The Hall–Kier alpha value is -3.53. The van der Waals surface area contributed by atoms with E-state index >= 15 is 0 Å². The number of nitrogens with zero attached hydrogens (tertiary/aromatic N) is 5. The van der Waals surface area contributed by atoms with Gasteiger partial charge in [0.25, 0.3) is 5.91 Å². The molecule has 1 aromatic carbocycles. The van der Waals surface area contributed by atoms with Crippen LogP contribution < -0.4 is 10.2 Å². The van der Waals surface area contributed by atoms with Gasteiger partial charge in [-0.25, -0.2) is 19.2 Å². The van der Waals surface area contributed by atoms with Gasteiger partial charge in [0.2, 0.25) is 5.91 Å².